The van der Waals surface area contributed by atoms with Gasteiger partial charge in [0, 0.05) is 50.9 Å². The summed E-state index contributed by atoms with van der Waals surface area (Å²) in [6.45, 7) is 6.25. The maximum atomic E-state index is 13.1. The van der Waals surface area contributed by atoms with Gasteiger partial charge >= 0.3 is 0 Å². The molecule has 1 aliphatic heterocycles. The minimum absolute atomic E-state index is 0.163. The van der Waals surface area contributed by atoms with Gasteiger partial charge in [0.05, 0.1) is 6.61 Å². The molecule has 0 saturated heterocycles. The van der Waals surface area contributed by atoms with Crippen LogP contribution in [0.3, 0.4) is 0 Å². The second-order valence-electron chi connectivity index (χ2n) is 9.79. The minimum Gasteiger partial charge on any atom is -0.464 e. The molecule has 4 rings (SSSR count). The molecule has 2 heterocycles. The van der Waals surface area contributed by atoms with E-state index in [9.17, 15) is 9.59 Å². The summed E-state index contributed by atoms with van der Waals surface area (Å²) < 4.78 is 13.3. The second kappa shape index (κ2) is 10.2. The zero-order valence-electron chi connectivity index (χ0n) is 20.6. The number of rotatable bonds is 5. The monoisotopic (exact) mass is 531 g/mol. The van der Waals surface area contributed by atoms with Crippen LogP contribution in [0, 0.1) is 26.7 Å². The second-order valence-corrected chi connectivity index (χ2v) is 10.6. The first-order valence-electron chi connectivity index (χ1n) is 11.9. The minimum atomic E-state index is -0.298. The fourth-order valence-corrected chi connectivity index (χ4v) is 5.64. The lowest BCUT2D eigenvalue weighted by Crippen LogP contribution is -2.39. The van der Waals surface area contributed by atoms with Crippen molar-refractivity contribution in [2.75, 3.05) is 14.1 Å². The summed E-state index contributed by atoms with van der Waals surface area (Å²) in [4.78, 5) is 30.5. The molecule has 1 unspecified atom stereocenters. The summed E-state index contributed by atoms with van der Waals surface area (Å²) in [6.07, 6.45) is 4.10. The molecule has 1 fully saturated rings. The Morgan fingerprint density at radius 2 is 1.88 bits per heavy atom. The standard InChI is InChI=1S/C26H34BrN3O4/c1-14-10-15(2)29-25(32)20(14)12-28-24(31)19-11-22(27)21-13-33-26(34-23(21)16(19)3)17-6-8-18(9-7-17)30(4)5/h10-11,17-18,26H,6-9,12-13H2,1-5H3,(H,28,31)(H,29,32). The van der Waals surface area contributed by atoms with E-state index in [-0.39, 0.29) is 24.3 Å². The van der Waals surface area contributed by atoms with Crippen molar-refractivity contribution in [2.24, 2.45) is 5.92 Å². The molecule has 1 saturated carbocycles. The van der Waals surface area contributed by atoms with Gasteiger partial charge in [-0.2, -0.15) is 0 Å². The molecule has 7 nitrogen and oxygen atoms in total. The molecule has 1 aromatic heterocycles. The van der Waals surface area contributed by atoms with E-state index in [0.29, 0.717) is 29.7 Å². The molecule has 2 aromatic rings. The average molecular weight is 532 g/mol. The number of benzene rings is 1. The van der Waals surface area contributed by atoms with Gasteiger partial charge < -0.3 is 24.7 Å². The van der Waals surface area contributed by atoms with Crippen molar-refractivity contribution in [3.05, 3.63) is 60.5 Å². The number of carbonyl (C=O) groups excluding carboxylic acids is 1. The Hall–Kier alpha value is -2.16. The Bertz CT molecular complexity index is 1140. The van der Waals surface area contributed by atoms with Crippen LogP contribution in [0.2, 0.25) is 0 Å². The lowest BCUT2D eigenvalue weighted by atomic mass is 9.85. The fourth-order valence-electron chi connectivity index (χ4n) is 5.11. The van der Waals surface area contributed by atoms with Crippen molar-refractivity contribution in [2.45, 2.75) is 71.9 Å². The number of pyridine rings is 1. The number of ether oxygens (including phenoxy) is 2. The molecule has 8 heteroatoms. The first kappa shape index (κ1) is 24.9. The molecule has 1 amide bonds. The number of fused-ring (bicyclic) bond motifs is 1. The lowest BCUT2D eigenvalue weighted by molar-refractivity contribution is -0.149. The van der Waals surface area contributed by atoms with Crippen molar-refractivity contribution in [3.63, 3.8) is 0 Å². The summed E-state index contributed by atoms with van der Waals surface area (Å²) in [5.41, 5.74) is 4.30. The Balaban J connectivity index is 1.50. The Morgan fingerprint density at radius 3 is 2.53 bits per heavy atom. The third kappa shape index (κ3) is 5.09. The largest absolute Gasteiger partial charge is 0.464 e. The highest BCUT2D eigenvalue weighted by Gasteiger charge is 2.35. The van der Waals surface area contributed by atoms with Gasteiger partial charge in [-0.3, -0.25) is 9.59 Å². The van der Waals surface area contributed by atoms with E-state index in [1.165, 1.54) is 0 Å². The van der Waals surface area contributed by atoms with Crippen LogP contribution in [0.15, 0.2) is 21.4 Å². The lowest BCUT2D eigenvalue weighted by Gasteiger charge is -2.38. The molecular formula is C26H34BrN3O4. The number of carbonyl (C=O) groups is 1. The predicted molar refractivity (Wildman–Crippen MR) is 135 cm³/mol. The van der Waals surface area contributed by atoms with Crippen molar-refractivity contribution in [1.29, 1.82) is 0 Å². The highest BCUT2D eigenvalue weighted by atomic mass is 79.9. The van der Waals surface area contributed by atoms with Crippen LogP contribution in [0.5, 0.6) is 5.75 Å². The third-order valence-corrected chi connectivity index (χ3v) is 7.93. The summed E-state index contributed by atoms with van der Waals surface area (Å²) in [7, 11) is 4.27. The Labute approximate surface area is 209 Å². The first-order valence-corrected chi connectivity index (χ1v) is 12.7. The molecule has 0 bridgehead atoms. The number of aromatic amines is 1. The van der Waals surface area contributed by atoms with Crippen molar-refractivity contribution < 1.29 is 14.3 Å². The van der Waals surface area contributed by atoms with Gasteiger partial charge in [0.1, 0.15) is 5.75 Å². The number of halogens is 1. The number of nitrogens with zero attached hydrogens (tertiary/aromatic N) is 1. The molecule has 2 N–H and O–H groups in total. The highest BCUT2D eigenvalue weighted by molar-refractivity contribution is 9.10. The number of H-pyrrole nitrogens is 1. The van der Waals surface area contributed by atoms with Crippen LogP contribution in [-0.4, -0.2) is 42.2 Å². The topological polar surface area (TPSA) is 83.7 Å². The van der Waals surface area contributed by atoms with E-state index in [1.807, 2.05) is 32.9 Å². The van der Waals surface area contributed by atoms with E-state index in [2.05, 4.69) is 45.2 Å². The van der Waals surface area contributed by atoms with Crippen LogP contribution >= 0.6 is 15.9 Å². The Kier molecular flexibility index (Phi) is 7.50. The highest BCUT2D eigenvalue weighted by Crippen LogP contribution is 2.41. The predicted octanol–water partition coefficient (Wildman–Crippen LogP) is 4.35. The summed E-state index contributed by atoms with van der Waals surface area (Å²) in [5.74, 6) is 0.838. The van der Waals surface area contributed by atoms with E-state index >= 15 is 0 Å². The normalized spacial score (nSPS) is 22.3. The quantitative estimate of drug-likeness (QED) is 0.599. The van der Waals surface area contributed by atoms with Crippen LogP contribution in [0.25, 0.3) is 0 Å². The number of aromatic nitrogens is 1. The van der Waals surface area contributed by atoms with Crippen LogP contribution in [-0.2, 0) is 17.9 Å². The van der Waals surface area contributed by atoms with Gasteiger partial charge in [-0.15, -0.1) is 0 Å². The molecule has 0 radical (unpaired) electrons. The van der Waals surface area contributed by atoms with E-state index in [1.54, 1.807) is 0 Å². The maximum Gasteiger partial charge on any atom is 0.253 e. The molecule has 184 valence electrons. The van der Waals surface area contributed by atoms with Crippen molar-refractivity contribution in [3.8, 4) is 5.75 Å². The maximum absolute atomic E-state index is 13.1. The van der Waals surface area contributed by atoms with Gasteiger partial charge in [-0.05, 0) is 78.2 Å². The zero-order chi connectivity index (χ0) is 24.6. The Morgan fingerprint density at radius 1 is 1.18 bits per heavy atom. The molecule has 1 atom stereocenters. The van der Waals surface area contributed by atoms with Crippen LogP contribution in [0.4, 0.5) is 0 Å². The number of hydrogen-bond donors (Lipinski definition) is 2. The zero-order valence-corrected chi connectivity index (χ0v) is 22.2. The van der Waals surface area contributed by atoms with Gasteiger partial charge in [0.2, 0.25) is 6.29 Å². The average Bonchev–Trinajstić information content (AvgIpc) is 2.80. The molecule has 0 spiro atoms. The smallest absolute Gasteiger partial charge is 0.253 e. The van der Waals surface area contributed by atoms with Crippen LogP contribution < -0.4 is 15.6 Å². The summed E-state index contributed by atoms with van der Waals surface area (Å²) in [6, 6.07) is 4.33. The SMILES string of the molecule is Cc1cc(C)c(CNC(=O)c2cc(Br)c3c(c2C)OC(C2CCC(N(C)C)CC2)OC3)c(=O)[nH]1. The van der Waals surface area contributed by atoms with Gasteiger partial charge in [-0.25, -0.2) is 0 Å². The molecule has 1 aromatic carbocycles. The number of hydrogen-bond acceptors (Lipinski definition) is 5. The number of nitrogens with one attached hydrogen (secondary N) is 2. The van der Waals surface area contributed by atoms with Crippen molar-refractivity contribution >= 4 is 21.8 Å². The summed E-state index contributed by atoms with van der Waals surface area (Å²) >= 11 is 3.60. The van der Waals surface area contributed by atoms with Gasteiger partial charge in [0.15, 0.2) is 0 Å². The number of aryl methyl sites for hydroxylation is 2. The van der Waals surface area contributed by atoms with Gasteiger partial charge in [-0.1, -0.05) is 15.9 Å². The van der Waals surface area contributed by atoms with Crippen LogP contribution in [0.1, 0.15) is 64.0 Å². The summed E-state index contributed by atoms with van der Waals surface area (Å²) in [5, 5.41) is 2.91. The van der Waals surface area contributed by atoms with Gasteiger partial charge in [0.25, 0.3) is 11.5 Å². The first-order chi connectivity index (χ1) is 16.2. The van der Waals surface area contributed by atoms with E-state index in [4.69, 9.17) is 9.47 Å². The van der Waals surface area contributed by atoms with E-state index in [0.717, 1.165) is 58.3 Å². The third-order valence-electron chi connectivity index (χ3n) is 7.22. The van der Waals surface area contributed by atoms with Crippen molar-refractivity contribution in [1.82, 2.24) is 15.2 Å². The molecule has 34 heavy (non-hydrogen) atoms. The molecule has 2 aliphatic rings. The fraction of sp³-hybridized carbons (Fsp3) is 0.538. The molecular weight excluding hydrogens is 498 g/mol. The van der Waals surface area contributed by atoms with E-state index < -0.39 is 0 Å². The number of amides is 1. The molecule has 1 aliphatic carbocycles.